The second-order valence-corrected chi connectivity index (χ2v) is 8.69. The molecule has 2 atom stereocenters. The summed E-state index contributed by atoms with van der Waals surface area (Å²) in [5, 5.41) is 10.9. The van der Waals surface area contributed by atoms with Gasteiger partial charge in [0, 0.05) is 25.7 Å². The van der Waals surface area contributed by atoms with Crippen LogP contribution in [0.25, 0.3) is 0 Å². The number of nitrogens with one attached hydrogen (secondary N) is 1. The quantitative estimate of drug-likeness (QED) is 0.775. The lowest BCUT2D eigenvalue weighted by atomic mass is 10.2. The van der Waals surface area contributed by atoms with E-state index in [-0.39, 0.29) is 35.3 Å². The first kappa shape index (κ1) is 18.1. The predicted octanol–water partition coefficient (Wildman–Crippen LogP) is 0.399. The Morgan fingerprint density at radius 3 is 2.76 bits per heavy atom. The highest BCUT2D eigenvalue weighted by Gasteiger charge is 2.32. The maximum absolute atomic E-state index is 12.1. The Bertz CT molecular complexity index is 701. The van der Waals surface area contributed by atoms with Gasteiger partial charge in [-0.1, -0.05) is 0 Å². The molecule has 2 aliphatic heterocycles. The van der Waals surface area contributed by atoms with E-state index in [0.29, 0.717) is 25.3 Å². The van der Waals surface area contributed by atoms with E-state index in [9.17, 15) is 13.2 Å². The van der Waals surface area contributed by atoms with Crippen LogP contribution in [0.3, 0.4) is 0 Å². The average Bonchev–Trinajstić information content (AvgIpc) is 3.23. The lowest BCUT2D eigenvalue weighted by Crippen LogP contribution is -2.37. The van der Waals surface area contributed by atoms with Crippen LogP contribution in [0.2, 0.25) is 0 Å². The highest BCUT2D eigenvalue weighted by Crippen LogP contribution is 2.22. The molecule has 8 nitrogen and oxygen atoms in total. The van der Waals surface area contributed by atoms with Gasteiger partial charge >= 0.3 is 0 Å². The summed E-state index contributed by atoms with van der Waals surface area (Å²) in [7, 11) is -2.96. The minimum Gasteiger partial charge on any atom is -0.376 e. The van der Waals surface area contributed by atoms with Crippen LogP contribution in [0.15, 0.2) is 12.1 Å². The Kier molecular flexibility index (Phi) is 5.53. The van der Waals surface area contributed by atoms with Gasteiger partial charge in [-0.25, -0.2) is 8.42 Å². The summed E-state index contributed by atoms with van der Waals surface area (Å²) in [5.74, 6) is 0.679. The van der Waals surface area contributed by atoms with Crippen molar-refractivity contribution in [1.29, 1.82) is 0 Å². The molecule has 2 unspecified atom stereocenters. The molecule has 3 rings (SSSR count). The van der Waals surface area contributed by atoms with Gasteiger partial charge in [-0.15, -0.1) is 10.2 Å². The van der Waals surface area contributed by atoms with E-state index in [2.05, 4.69) is 15.5 Å². The smallest absolute Gasteiger partial charge is 0.271 e. The molecule has 0 aliphatic carbocycles. The zero-order valence-electron chi connectivity index (χ0n) is 14.3. The van der Waals surface area contributed by atoms with Crippen LogP contribution in [0.4, 0.5) is 5.82 Å². The van der Waals surface area contributed by atoms with E-state index in [1.807, 2.05) is 11.8 Å². The predicted molar refractivity (Wildman–Crippen MR) is 93.4 cm³/mol. The van der Waals surface area contributed by atoms with Gasteiger partial charge in [0.15, 0.2) is 21.3 Å². The number of amides is 1. The van der Waals surface area contributed by atoms with Crippen molar-refractivity contribution in [3.05, 3.63) is 17.8 Å². The van der Waals surface area contributed by atoms with Crippen LogP contribution in [0, 0.1) is 0 Å². The largest absolute Gasteiger partial charge is 0.376 e. The molecule has 0 bridgehead atoms. The number of aromatic nitrogens is 2. The maximum atomic E-state index is 12.1. The third kappa shape index (κ3) is 4.46. The third-order valence-electron chi connectivity index (χ3n) is 4.68. The lowest BCUT2D eigenvalue weighted by molar-refractivity contribution is 0.0853. The minimum atomic E-state index is -2.96. The number of anilines is 1. The van der Waals surface area contributed by atoms with Crippen molar-refractivity contribution in [2.24, 2.45) is 0 Å². The summed E-state index contributed by atoms with van der Waals surface area (Å²) in [6.45, 7) is 3.82. The molecule has 2 saturated heterocycles. The van der Waals surface area contributed by atoms with E-state index >= 15 is 0 Å². The van der Waals surface area contributed by atoms with E-state index in [0.717, 1.165) is 19.4 Å². The highest BCUT2D eigenvalue weighted by molar-refractivity contribution is 7.91. The summed E-state index contributed by atoms with van der Waals surface area (Å²) in [6.07, 6.45) is 2.66. The van der Waals surface area contributed by atoms with Crippen molar-refractivity contribution in [1.82, 2.24) is 15.5 Å². The van der Waals surface area contributed by atoms with E-state index in [1.165, 1.54) is 0 Å². The van der Waals surface area contributed by atoms with Gasteiger partial charge in [0.25, 0.3) is 5.91 Å². The van der Waals surface area contributed by atoms with Crippen molar-refractivity contribution in [2.45, 2.75) is 38.3 Å². The normalized spacial score (nSPS) is 25.0. The second kappa shape index (κ2) is 7.65. The molecule has 0 saturated carbocycles. The first-order valence-corrected chi connectivity index (χ1v) is 10.5. The molecule has 1 aromatic rings. The molecule has 138 valence electrons. The van der Waals surface area contributed by atoms with E-state index in [1.54, 1.807) is 12.1 Å². The molecule has 2 aliphatic rings. The second-order valence-electron chi connectivity index (χ2n) is 6.46. The van der Waals surface area contributed by atoms with Crippen LogP contribution >= 0.6 is 0 Å². The molecular weight excluding hydrogens is 344 g/mol. The van der Waals surface area contributed by atoms with Gasteiger partial charge in [-0.05, 0) is 38.3 Å². The molecule has 0 spiro atoms. The molecule has 1 amide bonds. The SMILES string of the molecule is CCN(c1ccc(C(=O)NCC2CCCO2)nn1)C1CCS(=O)(=O)C1. The molecule has 9 heteroatoms. The van der Waals surface area contributed by atoms with Crippen molar-refractivity contribution in [3.63, 3.8) is 0 Å². The van der Waals surface area contributed by atoms with E-state index < -0.39 is 9.84 Å². The Balaban J connectivity index is 1.61. The molecular formula is C16H24N4O4S. The number of rotatable bonds is 6. The summed E-state index contributed by atoms with van der Waals surface area (Å²) < 4.78 is 28.9. The zero-order valence-corrected chi connectivity index (χ0v) is 15.2. The van der Waals surface area contributed by atoms with Gasteiger partial charge in [0.05, 0.1) is 17.6 Å². The van der Waals surface area contributed by atoms with Crippen LogP contribution in [-0.4, -0.2) is 67.9 Å². The van der Waals surface area contributed by atoms with Crippen molar-refractivity contribution in [2.75, 3.05) is 36.1 Å². The zero-order chi connectivity index (χ0) is 17.9. The molecule has 2 fully saturated rings. The topological polar surface area (TPSA) is 101 Å². The Morgan fingerprint density at radius 2 is 2.20 bits per heavy atom. The molecule has 1 N–H and O–H groups in total. The molecule has 0 aromatic carbocycles. The molecule has 25 heavy (non-hydrogen) atoms. The summed E-state index contributed by atoms with van der Waals surface area (Å²) in [5.41, 5.74) is 0.247. The van der Waals surface area contributed by atoms with Gasteiger partial charge in [0.2, 0.25) is 0 Å². The summed E-state index contributed by atoms with van der Waals surface area (Å²) in [6, 6.07) is 3.27. The van der Waals surface area contributed by atoms with Crippen LogP contribution in [0.1, 0.15) is 36.7 Å². The Morgan fingerprint density at radius 1 is 1.36 bits per heavy atom. The average molecular weight is 368 g/mol. The van der Waals surface area contributed by atoms with Gasteiger partial charge in [-0.3, -0.25) is 4.79 Å². The summed E-state index contributed by atoms with van der Waals surface area (Å²) in [4.78, 5) is 14.1. The van der Waals surface area contributed by atoms with Crippen LogP contribution < -0.4 is 10.2 Å². The number of hydrogen-bond acceptors (Lipinski definition) is 7. The molecule has 3 heterocycles. The Labute approximate surface area is 147 Å². The fraction of sp³-hybridized carbons (Fsp3) is 0.688. The number of carbonyl (C=O) groups excluding carboxylic acids is 1. The van der Waals surface area contributed by atoms with Gasteiger partial charge < -0.3 is 15.0 Å². The van der Waals surface area contributed by atoms with Gasteiger partial charge in [-0.2, -0.15) is 0 Å². The minimum absolute atomic E-state index is 0.0797. The van der Waals surface area contributed by atoms with Crippen molar-refractivity contribution in [3.8, 4) is 0 Å². The maximum Gasteiger partial charge on any atom is 0.271 e. The van der Waals surface area contributed by atoms with Gasteiger partial charge in [0.1, 0.15) is 0 Å². The van der Waals surface area contributed by atoms with E-state index in [4.69, 9.17) is 4.74 Å². The first-order valence-electron chi connectivity index (χ1n) is 8.69. The fourth-order valence-electron chi connectivity index (χ4n) is 3.33. The number of hydrogen-bond donors (Lipinski definition) is 1. The third-order valence-corrected chi connectivity index (χ3v) is 6.43. The fourth-order valence-corrected chi connectivity index (χ4v) is 5.06. The number of nitrogens with zero attached hydrogens (tertiary/aromatic N) is 3. The monoisotopic (exact) mass is 368 g/mol. The lowest BCUT2D eigenvalue weighted by Gasteiger charge is -2.27. The Hall–Kier alpha value is -1.74. The number of sulfone groups is 1. The summed E-state index contributed by atoms with van der Waals surface area (Å²) >= 11 is 0. The highest BCUT2D eigenvalue weighted by atomic mass is 32.2. The van der Waals surface area contributed by atoms with Crippen LogP contribution in [-0.2, 0) is 14.6 Å². The number of ether oxygens (including phenoxy) is 1. The van der Waals surface area contributed by atoms with Crippen molar-refractivity contribution < 1.29 is 17.9 Å². The number of carbonyl (C=O) groups is 1. The van der Waals surface area contributed by atoms with Crippen LogP contribution in [0.5, 0.6) is 0 Å². The molecule has 0 radical (unpaired) electrons. The van der Waals surface area contributed by atoms with Crippen molar-refractivity contribution >= 4 is 21.6 Å². The first-order chi connectivity index (χ1) is 12.0. The molecule has 1 aromatic heterocycles. The standard InChI is InChI=1S/C16H24N4O4S/c1-2-20(12-7-9-25(22,23)11-12)15-6-5-14(18-19-15)16(21)17-10-13-4-3-8-24-13/h5-6,12-13H,2-4,7-11H2,1H3,(H,17,21).